The smallest absolute Gasteiger partial charge is 0.324 e. The number of rotatable bonds is 1. The number of piperidine rings is 1. The maximum Gasteiger partial charge on any atom is 0.326 e. The van der Waals surface area contributed by atoms with Crippen molar-refractivity contribution < 1.29 is 4.79 Å². The molecule has 2 amide bonds. The number of hydrogen-bond acceptors (Lipinski definition) is 2. The van der Waals surface area contributed by atoms with Crippen LogP contribution in [-0.4, -0.2) is 33.6 Å². The second-order valence-corrected chi connectivity index (χ2v) is 7.18. The molecule has 0 saturated carbocycles. The van der Waals surface area contributed by atoms with Gasteiger partial charge in [0.1, 0.15) is 12.5 Å². The number of imidazole rings is 1. The van der Waals surface area contributed by atoms with E-state index in [-0.39, 0.29) is 6.03 Å². The average molecular weight is 358 g/mol. The standard InChI is InChI=1S/C22H22N4O/c27-22(24-13-7-2-8-14-24)26-16-25-20(18-11-5-6-12-19(18)26)15-23-21(25)17-9-3-1-4-10-17/h1,3-6,9-12,15H,2,7-8,13-14,16H2. The zero-order valence-corrected chi connectivity index (χ0v) is 15.2. The number of aromatic nitrogens is 2. The fourth-order valence-electron chi connectivity index (χ4n) is 4.11. The Labute approximate surface area is 158 Å². The first-order chi connectivity index (χ1) is 13.3. The molecule has 5 rings (SSSR count). The lowest BCUT2D eigenvalue weighted by Gasteiger charge is -2.36. The zero-order valence-electron chi connectivity index (χ0n) is 15.2. The summed E-state index contributed by atoms with van der Waals surface area (Å²) in [5.41, 5.74) is 4.16. The molecule has 1 fully saturated rings. The molecule has 1 aromatic heterocycles. The Kier molecular flexibility index (Phi) is 3.93. The fraction of sp³-hybridized carbons (Fsp3) is 0.273. The summed E-state index contributed by atoms with van der Waals surface area (Å²) in [6, 6.07) is 18.4. The first-order valence-electron chi connectivity index (χ1n) is 9.60. The van der Waals surface area contributed by atoms with Crippen LogP contribution in [-0.2, 0) is 6.67 Å². The summed E-state index contributed by atoms with van der Waals surface area (Å²) < 4.78 is 2.15. The van der Waals surface area contributed by atoms with Gasteiger partial charge in [-0.15, -0.1) is 0 Å². The Morgan fingerprint density at radius 3 is 2.44 bits per heavy atom. The van der Waals surface area contributed by atoms with Gasteiger partial charge in [0.05, 0.1) is 17.6 Å². The highest BCUT2D eigenvalue weighted by Gasteiger charge is 2.31. The van der Waals surface area contributed by atoms with Gasteiger partial charge >= 0.3 is 6.03 Å². The lowest BCUT2D eigenvalue weighted by molar-refractivity contribution is 0.191. The third-order valence-corrected chi connectivity index (χ3v) is 5.50. The van der Waals surface area contributed by atoms with Gasteiger partial charge in [0.15, 0.2) is 0 Å². The number of benzene rings is 2. The fourth-order valence-corrected chi connectivity index (χ4v) is 4.11. The van der Waals surface area contributed by atoms with Gasteiger partial charge in [-0.3, -0.25) is 4.90 Å². The highest BCUT2D eigenvalue weighted by Crippen LogP contribution is 2.38. The number of amides is 2. The third kappa shape index (κ3) is 2.70. The van der Waals surface area contributed by atoms with Gasteiger partial charge in [0.25, 0.3) is 0 Å². The topological polar surface area (TPSA) is 41.4 Å². The van der Waals surface area contributed by atoms with E-state index in [0.717, 1.165) is 54.3 Å². The van der Waals surface area contributed by atoms with Crippen molar-refractivity contribution in [3.05, 3.63) is 60.8 Å². The van der Waals surface area contributed by atoms with Crippen molar-refractivity contribution in [2.24, 2.45) is 0 Å². The van der Waals surface area contributed by atoms with E-state index in [9.17, 15) is 4.79 Å². The van der Waals surface area contributed by atoms with Crippen molar-refractivity contribution >= 4 is 11.7 Å². The summed E-state index contributed by atoms with van der Waals surface area (Å²) in [5, 5.41) is 0. The van der Waals surface area contributed by atoms with E-state index in [4.69, 9.17) is 0 Å². The first kappa shape index (κ1) is 16.1. The van der Waals surface area contributed by atoms with Gasteiger partial charge in [-0.05, 0) is 25.3 Å². The van der Waals surface area contributed by atoms with E-state index in [1.807, 2.05) is 52.4 Å². The molecule has 5 heteroatoms. The number of likely N-dealkylation sites (tertiary alicyclic amines) is 1. The number of anilines is 1. The van der Waals surface area contributed by atoms with Crippen LogP contribution in [0.5, 0.6) is 0 Å². The number of urea groups is 1. The highest BCUT2D eigenvalue weighted by molar-refractivity contribution is 5.97. The van der Waals surface area contributed by atoms with E-state index < -0.39 is 0 Å². The van der Waals surface area contributed by atoms with Crippen LogP contribution in [0.3, 0.4) is 0 Å². The summed E-state index contributed by atoms with van der Waals surface area (Å²) in [4.78, 5) is 21.9. The molecule has 0 N–H and O–H groups in total. The summed E-state index contributed by atoms with van der Waals surface area (Å²) in [7, 11) is 0. The van der Waals surface area contributed by atoms with Crippen LogP contribution >= 0.6 is 0 Å². The molecule has 0 aliphatic carbocycles. The number of carbonyl (C=O) groups is 1. The molecule has 2 aliphatic heterocycles. The molecule has 3 heterocycles. The average Bonchev–Trinajstić information content (AvgIpc) is 3.18. The number of carbonyl (C=O) groups excluding carboxylic acids is 1. The molecule has 1 saturated heterocycles. The van der Waals surface area contributed by atoms with Gasteiger partial charge in [0, 0.05) is 24.2 Å². The Hall–Kier alpha value is -3.08. The highest BCUT2D eigenvalue weighted by atomic mass is 16.2. The van der Waals surface area contributed by atoms with Crippen LogP contribution < -0.4 is 4.90 Å². The summed E-state index contributed by atoms with van der Waals surface area (Å²) in [6.07, 6.45) is 5.31. The second kappa shape index (κ2) is 6.58. The number of nitrogens with zero attached hydrogens (tertiary/aromatic N) is 4. The Balaban J connectivity index is 1.59. The molecule has 0 spiro atoms. The predicted molar refractivity (Wildman–Crippen MR) is 106 cm³/mol. The molecular weight excluding hydrogens is 336 g/mol. The second-order valence-electron chi connectivity index (χ2n) is 7.18. The lowest BCUT2D eigenvalue weighted by Crippen LogP contribution is -2.47. The number of fused-ring (bicyclic) bond motifs is 3. The minimum atomic E-state index is 0.0977. The van der Waals surface area contributed by atoms with Crippen LogP contribution in [0, 0.1) is 0 Å². The summed E-state index contributed by atoms with van der Waals surface area (Å²) in [6.45, 7) is 2.19. The van der Waals surface area contributed by atoms with Crippen molar-refractivity contribution in [1.29, 1.82) is 0 Å². The molecule has 27 heavy (non-hydrogen) atoms. The molecule has 136 valence electrons. The van der Waals surface area contributed by atoms with E-state index in [1.165, 1.54) is 6.42 Å². The molecule has 0 atom stereocenters. The third-order valence-electron chi connectivity index (χ3n) is 5.50. The summed E-state index contributed by atoms with van der Waals surface area (Å²) in [5.74, 6) is 0.900. The maximum absolute atomic E-state index is 13.3. The molecule has 0 bridgehead atoms. The first-order valence-corrected chi connectivity index (χ1v) is 9.60. The molecule has 2 aromatic carbocycles. The molecule has 3 aromatic rings. The van der Waals surface area contributed by atoms with Gasteiger partial charge in [0.2, 0.25) is 0 Å². The lowest BCUT2D eigenvalue weighted by atomic mass is 10.1. The SMILES string of the molecule is O=C(N1CCCCC1)N1Cn2c(cnc2-c2ccccc2)-c2ccccc21. The largest absolute Gasteiger partial charge is 0.326 e. The summed E-state index contributed by atoms with van der Waals surface area (Å²) >= 11 is 0. The molecule has 0 unspecified atom stereocenters. The minimum Gasteiger partial charge on any atom is -0.324 e. The Morgan fingerprint density at radius 1 is 0.889 bits per heavy atom. The van der Waals surface area contributed by atoms with E-state index in [1.54, 1.807) is 0 Å². The van der Waals surface area contributed by atoms with Crippen molar-refractivity contribution in [2.45, 2.75) is 25.9 Å². The monoisotopic (exact) mass is 358 g/mol. The molecule has 2 aliphatic rings. The predicted octanol–water partition coefficient (Wildman–Crippen LogP) is 4.60. The van der Waals surface area contributed by atoms with Crippen LogP contribution in [0.1, 0.15) is 19.3 Å². The van der Waals surface area contributed by atoms with Crippen molar-refractivity contribution in [1.82, 2.24) is 14.5 Å². The van der Waals surface area contributed by atoms with Gasteiger partial charge < -0.3 is 9.47 Å². The molecular formula is C22H22N4O. The maximum atomic E-state index is 13.3. The molecule has 5 nitrogen and oxygen atoms in total. The van der Waals surface area contributed by atoms with E-state index in [0.29, 0.717) is 6.67 Å². The minimum absolute atomic E-state index is 0.0977. The van der Waals surface area contributed by atoms with Crippen LogP contribution in [0.2, 0.25) is 0 Å². The molecule has 0 radical (unpaired) electrons. The normalized spacial score (nSPS) is 16.0. The van der Waals surface area contributed by atoms with Crippen LogP contribution in [0.4, 0.5) is 10.5 Å². The number of para-hydroxylation sites is 1. The Morgan fingerprint density at radius 2 is 1.63 bits per heavy atom. The van der Waals surface area contributed by atoms with Crippen molar-refractivity contribution in [3.8, 4) is 22.6 Å². The van der Waals surface area contributed by atoms with Gasteiger partial charge in [-0.1, -0.05) is 48.5 Å². The zero-order chi connectivity index (χ0) is 18.2. The number of hydrogen-bond donors (Lipinski definition) is 0. The van der Waals surface area contributed by atoms with Gasteiger partial charge in [-0.25, -0.2) is 9.78 Å². The van der Waals surface area contributed by atoms with Crippen LogP contribution in [0.25, 0.3) is 22.6 Å². The van der Waals surface area contributed by atoms with E-state index >= 15 is 0 Å². The van der Waals surface area contributed by atoms with Crippen LogP contribution in [0.15, 0.2) is 60.8 Å². The Bertz CT molecular complexity index is 959. The van der Waals surface area contributed by atoms with Gasteiger partial charge in [-0.2, -0.15) is 0 Å². The van der Waals surface area contributed by atoms with E-state index in [2.05, 4.69) is 27.8 Å². The quantitative estimate of drug-likeness (QED) is 0.638. The van der Waals surface area contributed by atoms with Crippen molar-refractivity contribution in [2.75, 3.05) is 18.0 Å². The van der Waals surface area contributed by atoms with Crippen molar-refractivity contribution in [3.63, 3.8) is 0 Å².